The Labute approximate surface area is 113 Å². The Morgan fingerprint density at radius 3 is 3.00 bits per heavy atom. The van der Waals surface area contributed by atoms with Gasteiger partial charge in [0.1, 0.15) is 18.6 Å². The first-order valence-electron chi connectivity index (χ1n) is 5.90. The molecule has 0 fully saturated rings. The first-order valence-corrected chi connectivity index (χ1v) is 5.90. The van der Waals surface area contributed by atoms with Gasteiger partial charge in [-0.05, 0) is 6.07 Å². The van der Waals surface area contributed by atoms with Gasteiger partial charge in [-0.25, -0.2) is 4.98 Å². The molecule has 0 saturated carbocycles. The molecular formula is C12H11N5O3. The summed E-state index contributed by atoms with van der Waals surface area (Å²) in [6.45, 7) is 0.444. The van der Waals surface area contributed by atoms with Crippen molar-refractivity contribution in [1.82, 2.24) is 9.97 Å². The van der Waals surface area contributed by atoms with E-state index in [0.29, 0.717) is 6.61 Å². The predicted molar refractivity (Wildman–Crippen MR) is 71.4 cm³/mol. The topological polar surface area (TPSA) is 116 Å². The van der Waals surface area contributed by atoms with Gasteiger partial charge in [0.15, 0.2) is 0 Å². The molecular weight excluding hydrogens is 262 g/mol. The quantitative estimate of drug-likeness (QED) is 0.643. The monoisotopic (exact) mass is 273 g/mol. The van der Waals surface area contributed by atoms with E-state index in [2.05, 4.69) is 15.3 Å². The fourth-order valence-corrected chi connectivity index (χ4v) is 2.04. The molecule has 1 atom stereocenters. The number of para-hydroxylation sites is 1. The standard InChI is InChI=1S/C12H11N5O3/c13-11-9(17(18)19)5-14-12(16-11)15-8-6-20-10-4-2-1-3-7(8)10/h1-5,8H,6H2,(H3,13,14,15,16)/t8-/m0/s1. The van der Waals surface area contributed by atoms with Crippen LogP contribution in [0.5, 0.6) is 5.75 Å². The highest BCUT2D eigenvalue weighted by molar-refractivity contribution is 5.54. The van der Waals surface area contributed by atoms with Crippen LogP contribution in [0.3, 0.4) is 0 Å². The first kappa shape index (κ1) is 12.2. The van der Waals surface area contributed by atoms with E-state index in [0.717, 1.165) is 17.5 Å². The van der Waals surface area contributed by atoms with Crippen LogP contribution < -0.4 is 15.8 Å². The van der Waals surface area contributed by atoms with Crippen LogP contribution in [0.4, 0.5) is 17.5 Å². The van der Waals surface area contributed by atoms with E-state index in [1.165, 1.54) is 0 Å². The molecule has 3 N–H and O–H groups in total. The van der Waals surface area contributed by atoms with Crippen molar-refractivity contribution in [1.29, 1.82) is 0 Å². The van der Waals surface area contributed by atoms with E-state index in [4.69, 9.17) is 10.5 Å². The third-order valence-electron chi connectivity index (χ3n) is 3.00. The van der Waals surface area contributed by atoms with Gasteiger partial charge in [0.25, 0.3) is 0 Å². The molecule has 3 rings (SSSR count). The van der Waals surface area contributed by atoms with Gasteiger partial charge in [0, 0.05) is 5.56 Å². The summed E-state index contributed by atoms with van der Waals surface area (Å²) in [5.74, 6) is 0.873. The number of anilines is 2. The van der Waals surface area contributed by atoms with Crippen molar-refractivity contribution >= 4 is 17.5 Å². The molecule has 1 aliphatic rings. The summed E-state index contributed by atoms with van der Waals surface area (Å²) < 4.78 is 5.52. The third-order valence-corrected chi connectivity index (χ3v) is 3.00. The van der Waals surface area contributed by atoms with Crippen molar-refractivity contribution in [2.24, 2.45) is 0 Å². The Morgan fingerprint density at radius 2 is 2.25 bits per heavy atom. The molecule has 20 heavy (non-hydrogen) atoms. The molecule has 0 unspecified atom stereocenters. The molecule has 8 heteroatoms. The van der Waals surface area contributed by atoms with Crippen LogP contribution in [0.25, 0.3) is 0 Å². The number of nitrogens with two attached hydrogens (primary N) is 1. The molecule has 1 aliphatic heterocycles. The lowest BCUT2D eigenvalue weighted by atomic mass is 10.1. The van der Waals surface area contributed by atoms with Crippen molar-refractivity contribution in [3.63, 3.8) is 0 Å². The molecule has 102 valence electrons. The van der Waals surface area contributed by atoms with Gasteiger partial charge in [-0.2, -0.15) is 4.98 Å². The molecule has 8 nitrogen and oxygen atoms in total. The minimum Gasteiger partial charge on any atom is -0.491 e. The molecule has 2 heterocycles. The molecule has 0 saturated heterocycles. The second-order valence-corrected chi connectivity index (χ2v) is 4.27. The fraction of sp³-hybridized carbons (Fsp3) is 0.167. The average Bonchev–Trinajstić information content (AvgIpc) is 2.82. The zero-order valence-electron chi connectivity index (χ0n) is 10.3. The largest absolute Gasteiger partial charge is 0.491 e. The SMILES string of the molecule is Nc1nc(N[C@H]2COc3ccccc32)ncc1[N+](=O)[O-]. The number of ether oxygens (including phenoxy) is 1. The number of nitrogen functional groups attached to an aromatic ring is 1. The Balaban J connectivity index is 1.83. The number of aromatic nitrogens is 2. The van der Waals surface area contributed by atoms with Crippen LogP contribution in [-0.4, -0.2) is 21.5 Å². The van der Waals surface area contributed by atoms with Crippen LogP contribution in [0.15, 0.2) is 30.5 Å². The minimum absolute atomic E-state index is 0.105. The average molecular weight is 273 g/mol. The molecule has 0 bridgehead atoms. The number of nitrogens with one attached hydrogen (secondary N) is 1. The van der Waals surface area contributed by atoms with Crippen molar-refractivity contribution in [2.45, 2.75) is 6.04 Å². The summed E-state index contributed by atoms with van der Waals surface area (Å²) >= 11 is 0. The Hall–Kier alpha value is -2.90. The number of hydrogen-bond acceptors (Lipinski definition) is 7. The van der Waals surface area contributed by atoms with Crippen LogP contribution in [0.1, 0.15) is 11.6 Å². The van der Waals surface area contributed by atoms with Crippen LogP contribution in [0, 0.1) is 10.1 Å². The van der Waals surface area contributed by atoms with E-state index < -0.39 is 4.92 Å². The van der Waals surface area contributed by atoms with Gasteiger partial charge >= 0.3 is 5.69 Å². The van der Waals surface area contributed by atoms with Crippen molar-refractivity contribution in [2.75, 3.05) is 17.7 Å². The predicted octanol–water partition coefficient (Wildman–Crippen LogP) is 1.51. The Bertz CT molecular complexity index is 676. The van der Waals surface area contributed by atoms with Crippen molar-refractivity contribution in [3.05, 3.63) is 46.1 Å². The highest BCUT2D eigenvalue weighted by Gasteiger charge is 2.24. The van der Waals surface area contributed by atoms with Gasteiger partial charge in [0.2, 0.25) is 11.8 Å². The zero-order chi connectivity index (χ0) is 14.1. The van der Waals surface area contributed by atoms with E-state index in [-0.39, 0.29) is 23.5 Å². The molecule has 0 radical (unpaired) electrons. The maximum absolute atomic E-state index is 10.6. The minimum atomic E-state index is -0.618. The van der Waals surface area contributed by atoms with Crippen LogP contribution in [-0.2, 0) is 0 Å². The lowest BCUT2D eigenvalue weighted by Crippen LogP contribution is -2.15. The maximum Gasteiger partial charge on any atom is 0.329 e. The molecule has 1 aromatic carbocycles. The highest BCUT2D eigenvalue weighted by atomic mass is 16.6. The number of nitrogens with zero attached hydrogens (tertiary/aromatic N) is 3. The number of rotatable bonds is 3. The molecule has 2 aromatic rings. The van der Waals surface area contributed by atoms with Crippen molar-refractivity contribution < 1.29 is 9.66 Å². The normalized spacial score (nSPS) is 16.3. The van der Waals surface area contributed by atoms with Gasteiger partial charge in [-0.3, -0.25) is 10.1 Å². The number of hydrogen-bond donors (Lipinski definition) is 2. The first-order chi connectivity index (χ1) is 9.65. The second kappa shape index (κ2) is 4.65. The summed E-state index contributed by atoms with van der Waals surface area (Å²) in [5, 5.41) is 13.7. The summed E-state index contributed by atoms with van der Waals surface area (Å²) in [7, 11) is 0. The number of benzene rings is 1. The van der Waals surface area contributed by atoms with E-state index in [9.17, 15) is 10.1 Å². The van der Waals surface area contributed by atoms with Crippen molar-refractivity contribution in [3.8, 4) is 5.75 Å². The lowest BCUT2D eigenvalue weighted by Gasteiger charge is -2.11. The zero-order valence-corrected chi connectivity index (χ0v) is 10.3. The van der Waals surface area contributed by atoms with Crippen LogP contribution >= 0.6 is 0 Å². The summed E-state index contributed by atoms with van der Waals surface area (Å²) in [6, 6.07) is 7.51. The summed E-state index contributed by atoms with van der Waals surface area (Å²) in [4.78, 5) is 17.8. The maximum atomic E-state index is 10.6. The van der Waals surface area contributed by atoms with Gasteiger partial charge < -0.3 is 15.8 Å². The van der Waals surface area contributed by atoms with E-state index in [1.54, 1.807) is 0 Å². The second-order valence-electron chi connectivity index (χ2n) is 4.27. The van der Waals surface area contributed by atoms with Gasteiger partial charge in [-0.1, -0.05) is 18.2 Å². The van der Waals surface area contributed by atoms with Gasteiger partial charge in [-0.15, -0.1) is 0 Å². The molecule has 0 amide bonds. The number of nitro groups is 1. The molecule has 1 aromatic heterocycles. The Morgan fingerprint density at radius 1 is 1.45 bits per heavy atom. The van der Waals surface area contributed by atoms with Crippen LogP contribution in [0.2, 0.25) is 0 Å². The third kappa shape index (κ3) is 2.07. The van der Waals surface area contributed by atoms with E-state index >= 15 is 0 Å². The van der Waals surface area contributed by atoms with Gasteiger partial charge in [0.05, 0.1) is 11.0 Å². The lowest BCUT2D eigenvalue weighted by molar-refractivity contribution is -0.384. The Kier molecular flexibility index (Phi) is 2.82. The highest BCUT2D eigenvalue weighted by Crippen LogP contribution is 2.33. The summed E-state index contributed by atoms with van der Waals surface area (Å²) in [6.07, 6.45) is 1.09. The molecule has 0 spiro atoms. The summed E-state index contributed by atoms with van der Waals surface area (Å²) in [5.41, 5.74) is 6.21. The fourth-order valence-electron chi connectivity index (χ4n) is 2.04. The number of fused-ring (bicyclic) bond motifs is 1. The van der Waals surface area contributed by atoms with E-state index in [1.807, 2.05) is 24.3 Å². The smallest absolute Gasteiger partial charge is 0.329 e. The molecule has 0 aliphatic carbocycles.